The number of nitrogens with one attached hydrogen (secondary N) is 2. The van der Waals surface area contributed by atoms with Crippen LogP contribution in [-0.4, -0.2) is 45.9 Å². The Morgan fingerprint density at radius 3 is 2.40 bits per heavy atom. The average Bonchev–Trinajstić information content (AvgIpc) is 3.05. The van der Waals surface area contributed by atoms with E-state index in [-0.39, 0.29) is 5.76 Å². The van der Waals surface area contributed by atoms with E-state index >= 15 is 0 Å². The fourth-order valence-corrected chi connectivity index (χ4v) is 3.27. The molecule has 162 valence electrons. The van der Waals surface area contributed by atoms with Crippen LogP contribution in [0.2, 0.25) is 0 Å². The lowest BCUT2D eigenvalue weighted by Gasteiger charge is -2.22. The van der Waals surface area contributed by atoms with Gasteiger partial charge in [-0.25, -0.2) is 4.98 Å². The first-order valence-electron chi connectivity index (χ1n) is 10.3. The van der Waals surface area contributed by atoms with Gasteiger partial charge in [0.25, 0.3) is 5.91 Å². The van der Waals surface area contributed by atoms with Crippen molar-refractivity contribution in [2.24, 2.45) is 0 Å². The van der Waals surface area contributed by atoms with Crippen molar-refractivity contribution >= 4 is 18.9 Å². The minimum absolute atomic E-state index is 0.0722. The van der Waals surface area contributed by atoms with Crippen LogP contribution in [0.4, 0.5) is 0 Å². The molecule has 4 N–H and O–H groups in total. The van der Waals surface area contributed by atoms with Crippen molar-refractivity contribution < 1.29 is 24.1 Å². The number of benzene rings is 1. The van der Waals surface area contributed by atoms with E-state index in [0.717, 1.165) is 12.0 Å². The number of aromatic nitrogens is 1. The van der Waals surface area contributed by atoms with Crippen LogP contribution >= 0.6 is 0 Å². The van der Waals surface area contributed by atoms with E-state index < -0.39 is 30.9 Å². The molecule has 0 spiro atoms. The van der Waals surface area contributed by atoms with Gasteiger partial charge in [0.1, 0.15) is 6.04 Å². The molecule has 0 aliphatic carbocycles. The zero-order valence-corrected chi connectivity index (χ0v) is 17.7. The monoisotopic (exact) mass is 415 g/mol. The molecule has 2 amide bonds. The molecule has 0 aliphatic heterocycles. The van der Waals surface area contributed by atoms with E-state index in [4.69, 9.17) is 4.42 Å². The van der Waals surface area contributed by atoms with Gasteiger partial charge in [0.2, 0.25) is 11.7 Å². The van der Waals surface area contributed by atoms with Gasteiger partial charge in [-0.15, -0.1) is 0 Å². The van der Waals surface area contributed by atoms with Gasteiger partial charge in [0.15, 0.2) is 5.89 Å². The number of amides is 2. The van der Waals surface area contributed by atoms with E-state index in [2.05, 4.69) is 15.6 Å². The predicted molar refractivity (Wildman–Crippen MR) is 114 cm³/mol. The lowest BCUT2D eigenvalue weighted by Crippen LogP contribution is -2.54. The molecule has 0 saturated heterocycles. The Morgan fingerprint density at radius 2 is 1.83 bits per heavy atom. The summed E-state index contributed by atoms with van der Waals surface area (Å²) < 4.78 is 5.31. The second kappa shape index (κ2) is 11.5. The van der Waals surface area contributed by atoms with Crippen molar-refractivity contribution in [2.75, 3.05) is 0 Å². The normalized spacial score (nSPS) is 12.8. The summed E-state index contributed by atoms with van der Waals surface area (Å²) in [4.78, 5) is 29.3. The van der Waals surface area contributed by atoms with Crippen LogP contribution in [0.25, 0.3) is 0 Å². The van der Waals surface area contributed by atoms with Gasteiger partial charge < -0.3 is 25.1 Å². The maximum absolute atomic E-state index is 12.7. The Morgan fingerprint density at radius 1 is 1.13 bits per heavy atom. The Labute approximate surface area is 177 Å². The Kier molecular flexibility index (Phi) is 9.07. The zero-order valence-electron chi connectivity index (χ0n) is 17.7. The van der Waals surface area contributed by atoms with Crippen LogP contribution in [0.1, 0.15) is 60.3 Å². The zero-order chi connectivity index (χ0) is 22.1. The summed E-state index contributed by atoms with van der Waals surface area (Å²) in [5.74, 6) is -1.37. The number of hydrogen-bond donors (Lipinski definition) is 4. The van der Waals surface area contributed by atoms with Gasteiger partial charge in [-0.1, -0.05) is 43.7 Å². The van der Waals surface area contributed by atoms with Gasteiger partial charge in [-0.05, 0) is 38.2 Å². The second-order valence-corrected chi connectivity index (χ2v) is 7.37. The first kappa shape index (κ1) is 23.6. The van der Waals surface area contributed by atoms with Crippen LogP contribution in [0.15, 0.2) is 34.7 Å². The van der Waals surface area contributed by atoms with Crippen molar-refractivity contribution in [3.8, 4) is 0 Å². The summed E-state index contributed by atoms with van der Waals surface area (Å²) in [7, 11) is -1.69. The number of carbonyl (C=O) groups is 2. The van der Waals surface area contributed by atoms with Gasteiger partial charge in [0.05, 0.1) is 11.6 Å². The van der Waals surface area contributed by atoms with E-state index in [1.165, 1.54) is 0 Å². The van der Waals surface area contributed by atoms with Crippen LogP contribution in [-0.2, 0) is 11.2 Å². The molecule has 0 bridgehead atoms. The molecule has 0 unspecified atom stereocenters. The molecule has 0 aliphatic rings. The number of aryl methyl sites for hydroxylation is 3. The second-order valence-electron chi connectivity index (χ2n) is 7.37. The first-order chi connectivity index (χ1) is 14.3. The maximum atomic E-state index is 12.7. The summed E-state index contributed by atoms with van der Waals surface area (Å²) in [6.07, 6.45) is 2.90. The lowest BCUT2D eigenvalue weighted by molar-refractivity contribution is -0.123. The Hall–Kier alpha value is -2.65. The molecule has 2 atom stereocenters. The highest BCUT2D eigenvalue weighted by Crippen LogP contribution is 2.11. The highest BCUT2D eigenvalue weighted by molar-refractivity contribution is 6.43. The van der Waals surface area contributed by atoms with Crippen molar-refractivity contribution in [3.63, 3.8) is 0 Å². The molecule has 0 radical (unpaired) electrons. The molecule has 1 aromatic heterocycles. The van der Waals surface area contributed by atoms with E-state index in [9.17, 15) is 19.6 Å². The molecule has 30 heavy (non-hydrogen) atoms. The third-order valence-corrected chi connectivity index (χ3v) is 4.82. The SMILES string of the molecule is CCC[C@@H](NC(=O)c1oc(C)nc1C)C(=O)N[C@@H](CCCc1ccccc1)B(O)O. The summed E-state index contributed by atoms with van der Waals surface area (Å²) in [6, 6.07) is 9.03. The summed E-state index contributed by atoms with van der Waals surface area (Å²) in [6.45, 7) is 5.20. The van der Waals surface area contributed by atoms with E-state index in [0.29, 0.717) is 37.3 Å². The van der Waals surface area contributed by atoms with Crippen molar-refractivity contribution in [3.05, 3.63) is 53.2 Å². The topological polar surface area (TPSA) is 125 Å². The van der Waals surface area contributed by atoms with Crippen molar-refractivity contribution in [1.82, 2.24) is 15.6 Å². The highest BCUT2D eigenvalue weighted by atomic mass is 16.4. The van der Waals surface area contributed by atoms with Gasteiger partial charge >= 0.3 is 7.12 Å². The predicted octanol–water partition coefficient (Wildman–Crippen LogP) is 1.71. The number of rotatable bonds is 11. The Bertz CT molecular complexity index is 825. The largest absolute Gasteiger partial charge is 0.475 e. The Balaban J connectivity index is 1.96. The summed E-state index contributed by atoms with van der Waals surface area (Å²) >= 11 is 0. The van der Waals surface area contributed by atoms with Gasteiger partial charge in [-0.3, -0.25) is 9.59 Å². The third-order valence-electron chi connectivity index (χ3n) is 4.82. The smallest absolute Gasteiger partial charge is 0.436 e. The first-order valence-corrected chi connectivity index (χ1v) is 10.3. The van der Waals surface area contributed by atoms with Crippen molar-refractivity contribution in [1.29, 1.82) is 0 Å². The van der Waals surface area contributed by atoms with Gasteiger partial charge in [-0.2, -0.15) is 0 Å². The van der Waals surface area contributed by atoms with E-state index in [1.54, 1.807) is 13.8 Å². The van der Waals surface area contributed by atoms with Crippen LogP contribution < -0.4 is 10.6 Å². The molecular weight excluding hydrogens is 385 g/mol. The standard InChI is InChI=1S/C21H30BN3O5/c1-4-9-17(24-21(27)19-14(2)23-15(3)30-19)20(26)25-18(22(28)29)13-8-12-16-10-6-5-7-11-16/h5-7,10-11,17-18,28-29H,4,8-9,12-13H2,1-3H3,(H,24,27)(H,25,26)/t17-,18+/m1/s1. The third kappa shape index (κ3) is 7.00. The minimum atomic E-state index is -1.69. The fourth-order valence-electron chi connectivity index (χ4n) is 3.27. The maximum Gasteiger partial charge on any atom is 0.475 e. The minimum Gasteiger partial charge on any atom is -0.436 e. The fraction of sp³-hybridized carbons (Fsp3) is 0.476. The molecule has 1 aromatic carbocycles. The molecular formula is C21H30BN3O5. The summed E-state index contributed by atoms with van der Waals surface area (Å²) in [5.41, 5.74) is 1.59. The van der Waals surface area contributed by atoms with E-state index in [1.807, 2.05) is 37.3 Å². The molecule has 2 aromatic rings. The molecule has 1 heterocycles. The quantitative estimate of drug-likeness (QED) is 0.414. The van der Waals surface area contributed by atoms with Crippen LogP contribution in [0, 0.1) is 13.8 Å². The van der Waals surface area contributed by atoms with Crippen molar-refractivity contribution in [2.45, 2.75) is 64.9 Å². The molecule has 0 fully saturated rings. The lowest BCUT2D eigenvalue weighted by atomic mass is 9.76. The highest BCUT2D eigenvalue weighted by Gasteiger charge is 2.29. The van der Waals surface area contributed by atoms with Crippen LogP contribution in [0.3, 0.4) is 0 Å². The number of hydrogen-bond acceptors (Lipinski definition) is 6. The van der Waals surface area contributed by atoms with Crippen LogP contribution in [0.5, 0.6) is 0 Å². The number of carbonyl (C=O) groups excluding carboxylic acids is 2. The molecule has 8 nitrogen and oxygen atoms in total. The molecule has 2 rings (SSSR count). The summed E-state index contributed by atoms with van der Waals surface area (Å²) in [5, 5.41) is 24.7. The van der Waals surface area contributed by atoms with Gasteiger partial charge in [0, 0.05) is 6.92 Å². The average molecular weight is 415 g/mol. The molecule has 9 heteroatoms. The number of nitrogens with zero attached hydrogens (tertiary/aromatic N) is 1. The molecule has 0 saturated carbocycles. The number of oxazole rings is 1.